The van der Waals surface area contributed by atoms with E-state index in [1.165, 1.54) is 0 Å². The number of amides is 1. The number of ether oxygens (including phenoxy) is 1. The maximum absolute atomic E-state index is 12.4. The fourth-order valence-electron chi connectivity index (χ4n) is 2.35. The monoisotopic (exact) mass is 325 g/mol. The molecule has 116 valence electrons. The Morgan fingerprint density at radius 1 is 1.00 bits per heavy atom. The van der Waals surface area contributed by atoms with Crippen molar-refractivity contribution in [3.05, 3.63) is 71.8 Å². The van der Waals surface area contributed by atoms with E-state index >= 15 is 0 Å². The number of para-hydroxylation sites is 1. The van der Waals surface area contributed by atoms with Gasteiger partial charge in [0.2, 0.25) is 0 Å². The second-order valence-electron chi connectivity index (χ2n) is 5.21. The molecule has 3 aromatic rings. The van der Waals surface area contributed by atoms with Crippen LogP contribution in [0.2, 0.25) is 5.02 Å². The number of halogens is 1. The fraction of sp³-hybridized carbons (Fsp3) is 0.105. The molecule has 0 bridgehead atoms. The van der Waals surface area contributed by atoms with Crippen LogP contribution in [0.15, 0.2) is 66.7 Å². The zero-order valence-electron chi connectivity index (χ0n) is 12.6. The molecule has 1 N–H and O–H groups in total. The lowest BCUT2D eigenvalue weighted by molar-refractivity contribution is -0.122. The van der Waals surface area contributed by atoms with Crippen LogP contribution in [-0.2, 0) is 4.79 Å². The number of carbonyl (C=O) groups excluding carboxylic acids is 1. The van der Waals surface area contributed by atoms with E-state index < -0.39 is 6.10 Å². The van der Waals surface area contributed by atoms with Crippen LogP contribution in [0.5, 0.6) is 5.75 Å². The molecule has 23 heavy (non-hydrogen) atoms. The van der Waals surface area contributed by atoms with Crippen LogP contribution in [0.4, 0.5) is 5.69 Å². The molecule has 0 radical (unpaired) electrons. The number of hydrogen-bond donors (Lipinski definition) is 1. The molecule has 0 spiro atoms. The van der Waals surface area contributed by atoms with Crippen LogP contribution in [0.3, 0.4) is 0 Å². The lowest BCUT2D eigenvalue weighted by Crippen LogP contribution is -2.30. The van der Waals surface area contributed by atoms with Gasteiger partial charge in [-0.05, 0) is 30.5 Å². The van der Waals surface area contributed by atoms with E-state index in [0.717, 1.165) is 16.5 Å². The Kier molecular flexibility index (Phi) is 4.49. The third kappa shape index (κ3) is 3.46. The SMILES string of the molecule is C[C@@H](Oc1ccccc1Cl)C(=O)Nc1cccc2ccccc12. The molecular weight excluding hydrogens is 310 g/mol. The van der Waals surface area contributed by atoms with Crippen LogP contribution in [-0.4, -0.2) is 12.0 Å². The van der Waals surface area contributed by atoms with Crippen molar-refractivity contribution in [2.45, 2.75) is 13.0 Å². The molecule has 1 amide bonds. The number of rotatable bonds is 4. The van der Waals surface area contributed by atoms with E-state index in [1.807, 2.05) is 54.6 Å². The number of hydrogen-bond acceptors (Lipinski definition) is 2. The van der Waals surface area contributed by atoms with Crippen LogP contribution < -0.4 is 10.1 Å². The van der Waals surface area contributed by atoms with E-state index in [-0.39, 0.29) is 5.91 Å². The molecule has 3 rings (SSSR count). The largest absolute Gasteiger partial charge is 0.479 e. The molecule has 0 unspecified atom stereocenters. The van der Waals surface area contributed by atoms with Crippen LogP contribution in [0.1, 0.15) is 6.92 Å². The van der Waals surface area contributed by atoms with Gasteiger partial charge in [0.1, 0.15) is 5.75 Å². The summed E-state index contributed by atoms with van der Waals surface area (Å²) in [5, 5.41) is 5.47. The Balaban J connectivity index is 1.77. The van der Waals surface area contributed by atoms with Crippen molar-refractivity contribution in [2.75, 3.05) is 5.32 Å². The predicted molar refractivity (Wildman–Crippen MR) is 94.1 cm³/mol. The molecule has 4 heteroatoms. The molecule has 0 aliphatic heterocycles. The minimum Gasteiger partial charge on any atom is -0.479 e. The summed E-state index contributed by atoms with van der Waals surface area (Å²) >= 11 is 6.05. The Morgan fingerprint density at radius 2 is 1.70 bits per heavy atom. The van der Waals surface area contributed by atoms with E-state index in [0.29, 0.717) is 10.8 Å². The molecule has 0 aromatic heterocycles. The van der Waals surface area contributed by atoms with Crippen molar-refractivity contribution in [3.63, 3.8) is 0 Å². The number of fused-ring (bicyclic) bond motifs is 1. The highest BCUT2D eigenvalue weighted by Gasteiger charge is 2.16. The highest BCUT2D eigenvalue weighted by atomic mass is 35.5. The van der Waals surface area contributed by atoms with E-state index in [2.05, 4.69) is 5.32 Å². The average molecular weight is 326 g/mol. The van der Waals surface area contributed by atoms with Gasteiger partial charge in [0.25, 0.3) is 5.91 Å². The molecule has 0 heterocycles. The van der Waals surface area contributed by atoms with E-state index in [4.69, 9.17) is 16.3 Å². The summed E-state index contributed by atoms with van der Waals surface area (Å²) in [4.78, 5) is 12.4. The first-order valence-electron chi connectivity index (χ1n) is 7.35. The smallest absolute Gasteiger partial charge is 0.265 e. The van der Waals surface area contributed by atoms with Gasteiger partial charge >= 0.3 is 0 Å². The molecule has 0 saturated carbocycles. The minimum atomic E-state index is -0.658. The van der Waals surface area contributed by atoms with Crippen molar-refractivity contribution in [2.24, 2.45) is 0 Å². The second-order valence-corrected chi connectivity index (χ2v) is 5.61. The summed E-state index contributed by atoms with van der Waals surface area (Å²) in [5.74, 6) is 0.274. The summed E-state index contributed by atoms with van der Waals surface area (Å²) in [7, 11) is 0. The van der Waals surface area contributed by atoms with Gasteiger partial charge in [-0.2, -0.15) is 0 Å². The van der Waals surface area contributed by atoms with E-state index in [1.54, 1.807) is 19.1 Å². The third-order valence-corrected chi connectivity index (χ3v) is 3.87. The topological polar surface area (TPSA) is 38.3 Å². The standard InChI is InChI=1S/C19H16ClNO2/c1-13(23-18-12-5-4-10-16(18)20)19(22)21-17-11-6-8-14-7-2-3-9-15(14)17/h2-13H,1H3,(H,21,22)/t13-/m1/s1. The average Bonchev–Trinajstić information content (AvgIpc) is 2.57. The summed E-state index contributed by atoms with van der Waals surface area (Å²) in [6.45, 7) is 1.70. The normalized spacial score (nSPS) is 11.9. The van der Waals surface area contributed by atoms with Gasteiger partial charge in [0.05, 0.1) is 5.02 Å². The molecule has 3 nitrogen and oxygen atoms in total. The quantitative estimate of drug-likeness (QED) is 0.741. The Bertz CT molecular complexity index is 842. The van der Waals surface area contributed by atoms with Gasteiger partial charge in [-0.1, -0.05) is 60.1 Å². The van der Waals surface area contributed by atoms with Crippen LogP contribution >= 0.6 is 11.6 Å². The first-order chi connectivity index (χ1) is 11.1. The summed E-state index contributed by atoms with van der Waals surface area (Å²) in [6.07, 6.45) is -0.658. The Labute approximate surface area is 139 Å². The second kappa shape index (κ2) is 6.71. The van der Waals surface area contributed by atoms with Crippen molar-refractivity contribution in [1.82, 2.24) is 0 Å². The Hall–Kier alpha value is -2.52. The number of nitrogens with one attached hydrogen (secondary N) is 1. The molecule has 3 aromatic carbocycles. The van der Waals surface area contributed by atoms with Crippen LogP contribution in [0.25, 0.3) is 10.8 Å². The fourth-order valence-corrected chi connectivity index (χ4v) is 2.53. The van der Waals surface area contributed by atoms with Crippen LogP contribution in [0, 0.1) is 0 Å². The zero-order valence-corrected chi connectivity index (χ0v) is 13.4. The predicted octanol–water partition coefficient (Wildman–Crippen LogP) is 4.90. The molecule has 0 aliphatic carbocycles. The maximum atomic E-state index is 12.4. The highest BCUT2D eigenvalue weighted by molar-refractivity contribution is 6.32. The van der Waals surface area contributed by atoms with Gasteiger partial charge in [-0.15, -0.1) is 0 Å². The van der Waals surface area contributed by atoms with Gasteiger partial charge in [-0.25, -0.2) is 0 Å². The first kappa shape index (κ1) is 15.4. The number of benzene rings is 3. The number of anilines is 1. The highest BCUT2D eigenvalue weighted by Crippen LogP contribution is 2.26. The molecular formula is C19H16ClNO2. The molecule has 0 aliphatic rings. The third-order valence-electron chi connectivity index (χ3n) is 3.56. The lowest BCUT2D eigenvalue weighted by Gasteiger charge is -2.16. The van der Waals surface area contributed by atoms with Crippen molar-refractivity contribution in [1.29, 1.82) is 0 Å². The molecule has 1 atom stereocenters. The first-order valence-corrected chi connectivity index (χ1v) is 7.73. The van der Waals surface area contributed by atoms with Crippen molar-refractivity contribution in [3.8, 4) is 5.75 Å². The maximum Gasteiger partial charge on any atom is 0.265 e. The summed E-state index contributed by atoms with van der Waals surface area (Å²) < 4.78 is 5.65. The summed E-state index contributed by atoms with van der Waals surface area (Å²) in [6, 6.07) is 20.8. The van der Waals surface area contributed by atoms with Crippen molar-refractivity contribution < 1.29 is 9.53 Å². The van der Waals surface area contributed by atoms with Crippen molar-refractivity contribution >= 4 is 34.0 Å². The summed E-state index contributed by atoms with van der Waals surface area (Å²) in [5.41, 5.74) is 0.766. The minimum absolute atomic E-state index is 0.221. The molecule has 0 saturated heterocycles. The zero-order chi connectivity index (χ0) is 16.2. The molecule has 0 fully saturated rings. The van der Waals surface area contributed by atoms with Gasteiger partial charge in [0.15, 0.2) is 6.10 Å². The number of carbonyl (C=O) groups is 1. The van der Waals surface area contributed by atoms with Gasteiger partial charge < -0.3 is 10.1 Å². The van der Waals surface area contributed by atoms with Gasteiger partial charge in [-0.3, -0.25) is 4.79 Å². The van der Waals surface area contributed by atoms with Gasteiger partial charge in [0, 0.05) is 11.1 Å². The Morgan fingerprint density at radius 3 is 2.52 bits per heavy atom. The van der Waals surface area contributed by atoms with E-state index in [9.17, 15) is 4.79 Å². The lowest BCUT2D eigenvalue weighted by atomic mass is 10.1.